The molecule has 1 aliphatic rings. The highest BCUT2D eigenvalue weighted by Gasteiger charge is 2.30. The zero-order chi connectivity index (χ0) is 14.8. The van der Waals surface area contributed by atoms with Crippen LogP contribution in [0.5, 0.6) is 0 Å². The molecule has 0 amide bonds. The van der Waals surface area contributed by atoms with E-state index in [1.165, 1.54) is 6.07 Å². The Labute approximate surface area is 116 Å². The van der Waals surface area contributed by atoms with E-state index < -0.39 is 26.6 Å². The summed E-state index contributed by atoms with van der Waals surface area (Å²) in [6, 6.07) is 2.16. The van der Waals surface area contributed by atoms with Crippen molar-refractivity contribution in [2.45, 2.75) is 11.4 Å². The van der Waals surface area contributed by atoms with Crippen molar-refractivity contribution in [3.8, 4) is 0 Å². The second-order valence-corrected chi connectivity index (χ2v) is 6.34. The van der Waals surface area contributed by atoms with E-state index >= 15 is 0 Å². The highest BCUT2D eigenvalue weighted by molar-refractivity contribution is 7.89. The van der Waals surface area contributed by atoms with Crippen molar-refractivity contribution in [3.63, 3.8) is 0 Å². The summed E-state index contributed by atoms with van der Waals surface area (Å²) in [5.74, 6) is -2.50. The summed E-state index contributed by atoms with van der Waals surface area (Å²) in [5, 5.41) is 2.77. The molecule has 0 unspecified atom stereocenters. The van der Waals surface area contributed by atoms with Crippen LogP contribution in [0.1, 0.15) is 5.56 Å². The standard InChI is InChI=1S/C12H16F2N2O3S/c1-15-8-9-6-10(13)12(14)11(7-9)20(17,18)16-2-4-19-5-3-16/h6-7,15H,2-5,8H2,1H3. The molecule has 1 aliphatic heterocycles. The Bertz CT molecular complexity index is 587. The highest BCUT2D eigenvalue weighted by atomic mass is 32.2. The van der Waals surface area contributed by atoms with Crippen molar-refractivity contribution in [2.75, 3.05) is 33.4 Å². The van der Waals surface area contributed by atoms with Gasteiger partial charge in [0.25, 0.3) is 0 Å². The lowest BCUT2D eigenvalue weighted by Gasteiger charge is -2.26. The third kappa shape index (κ3) is 2.98. The lowest BCUT2D eigenvalue weighted by atomic mass is 10.2. The molecule has 0 aromatic heterocycles. The summed E-state index contributed by atoms with van der Waals surface area (Å²) in [4.78, 5) is -0.621. The molecule has 0 atom stereocenters. The van der Waals surface area contributed by atoms with Gasteiger partial charge in [0.05, 0.1) is 13.2 Å². The Kier molecular flexibility index (Phi) is 4.69. The second-order valence-electron chi connectivity index (χ2n) is 4.44. The molecular formula is C12H16F2N2O3S. The first-order chi connectivity index (χ1) is 9.46. The summed E-state index contributed by atoms with van der Waals surface area (Å²) >= 11 is 0. The number of nitrogens with zero attached hydrogens (tertiary/aromatic N) is 1. The molecule has 0 saturated carbocycles. The highest BCUT2D eigenvalue weighted by Crippen LogP contribution is 2.24. The van der Waals surface area contributed by atoms with E-state index in [1.54, 1.807) is 7.05 Å². The number of sulfonamides is 1. The quantitative estimate of drug-likeness (QED) is 0.890. The van der Waals surface area contributed by atoms with Crippen molar-refractivity contribution in [1.82, 2.24) is 9.62 Å². The molecule has 5 nitrogen and oxygen atoms in total. The van der Waals surface area contributed by atoms with E-state index in [0.29, 0.717) is 5.56 Å². The normalized spacial score (nSPS) is 17.4. The maximum atomic E-state index is 13.8. The summed E-state index contributed by atoms with van der Waals surface area (Å²) in [5.41, 5.74) is 0.373. The fraction of sp³-hybridized carbons (Fsp3) is 0.500. The molecule has 1 N–H and O–H groups in total. The SMILES string of the molecule is CNCc1cc(F)c(F)c(S(=O)(=O)N2CCOCC2)c1. The smallest absolute Gasteiger partial charge is 0.246 e. The average Bonchev–Trinajstić information content (AvgIpc) is 2.43. The van der Waals surface area contributed by atoms with Crippen LogP contribution in [0.4, 0.5) is 8.78 Å². The van der Waals surface area contributed by atoms with Gasteiger partial charge in [-0.2, -0.15) is 4.31 Å². The van der Waals surface area contributed by atoms with Gasteiger partial charge in [0.2, 0.25) is 10.0 Å². The van der Waals surface area contributed by atoms with Gasteiger partial charge in [-0.1, -0.05) is 0 Å². The first-order valence-electron chi connectivity index (χ1n) is 6.17. The number of rotatable bonds is 4. The van der Waals surface area contributed by atoms with Crippen LogP contribution in [0.3, 0.4) is 0 Å². The molecule has 0 bridgehead atoms. The number of benzene rings is 1. The van der Waals surface area contributed by atoms with Gasteiger partial charge < -0.3 is 10.1 Å². The Balaban J connectivity index is 2.44. The summed E-state index contributed by atoms with van der Waals surface area (Å²) in [6.07, 6.45) is 0. The van der Waals surface area contributed by atoms with E-state index in [1.807, 2.05) is 0 Å². The number of hydrogen-bond donors (Lipinski definition) is 1. The minimum absolute atomic E-state index is 0.139. The van der Waals surface area contributed by atoms with Gasteiger partial charge in [-0.15, -0.1) is 0 Å². The molecule has 0 spiro atoms. The van der Waals surface area contributed by atoms with Gasteiger partial charge in [-0.3, -0.25) is 0 Å². The monoisotopic (exact) mass is 306 g/mol. The van der Waals surface area contributed by atoms with Gasteiger partial charge in [0.1, 0.15) is 4.90 Å². The molecule has 0 aliphatic carbocycles. The van der Waals surface area contributed by atoms with Crippen molar-refractivity contribution < 1.29 is 21.9 Å². The van der Waals surface area contributed by atoms with Crippen LogP contribution in [0.25, 0.3) is 0 Å². The minimum Gasteiger partial charge on any atom is -0.379 e. The number of halogens is 2. The van der Waals surface area contributed by atoms with Gasteiger partial charge in [0.15, 0.2) is 11.6 Å². The lowest BCUT2D eigenvalue weighted by Crippen LogP contribution is -2.41. The lowest BCUT2D eigenvalue weighted by molar-refractivity contribution is 0.0729. The molecule has 1 aromatic carbocycles. The van der Waals surface area contributed by atoms with Crippen LogP contribution in [-0.4, -0.2) is 46.1 Å². The first-order valence-corrected chi connectivity index (χ1v) is 7.61. The topological polar surface area (TPSA) is 58.6 Å². The van der Waals surface area contributed by atoms with Crippen LogP contribution in [0.15, 0.2) is 17.0 Å². The molecule has 8 heteroatoms. The van der Waals surface area contributed by atoms with Crippen molar-refractivity contribution >= 4 is 10.0 Å². The molecule has 1 saturated heterocycles. The van der Waals surface area contributed by atoms with E-state index in [-0.39, 0.29) is 32.8 Å². The summed E-state index contributed by atoms with van der Waals surface area (Å²) < 4.78 is 58.3. The molecule has 112 valence electrons. The van der Waals surface area contributed by atoms with E-state index in [2.05, 4.69) is 5.32 Å². The molecule has 2 rings (SSSR count). The minimum atomic E-state index is -4.05. The molecular weight excluding hydrogens is 290 g/mol. The zero-order valence-electron chi connectivity index (χ0n) is 11.0. The van der Waals surface area contributed by atoms with Crippen molar-refractivity contribution in [2.24, 2.45) is 0 Å². The Morgan fingerprint density at radius 3 is 2.55 bits per heavy atom. The Hall–Kier alpha value is -1.09. The van der Waals surface area contributed by atoms with Crippen molar-refractivity contribution in [1.29, 1.82) is 0 Å². The third-order valence-electron chi connectivity index (χ3n) is 3.02. The molecule has 20 heavy (non-hydrogen) atoms. The molecule has 1 fully saturated rings. The first kappa shape index (κ1) is 15.3. The zero-order valence-corrected chi connectivity index (χ0v) is 11.8. The van der Waals surface area contributed by atoms with Crippen LogP contribution in [-0.2, 0) is 21.3 Å². The van der Waals surface area contributed by atoms with Crippen molar-refractivity contribution in [3.05, 3.63) is 29.3 Å². The van der Waals surface area contributed by atoms with Crippen LogP contribution < -0.4 is 5.32 Å². The average molecular weight is 306 g/mol. The fourth-order valence-corrected chi connectivity index (χ4v) is 3.57. The summed E-state index contributed by atoms with van der Waals surface area (Å²) in [6.45, 7) is 1.03. The maximum absolute atomic E-state index is 13.8. The van der Waals surface area contributed by atoms with Gasteiger partial charge in [-0.25, -0.2) is 17.2 Å². The van der Waals surface area contributed by atoms with E-state index in [4.69, 9.17) is 4.74 Å². The van der Waals surface area contributed by atoms with E-state index in [0.717, 1.165) is 10.4 Å². The predicted molar refractivity (Wildman–Crippen MR) is 68.7 cm³/mol. The van der Waals surface area contributed by atoms with Gasteiger partial charge in [0, 0.05) is 19.6 Å². The number of morpholine rings is 1. The van der Waals surface area contributed by atoms with Crippen LogP contribution in [0, 0.1) is 11.6 Å². The van der Waals surface area contributed by atoms with Gasteiger partial charge >= 0.3 is 0 Å². The molecule has 1 heterocycles. The number of hydrogen-bond acceptors (Lipinski definition) is 4. The predicted octanol–water partition coefficient (Wildman–Crippen LogP) is 0.705. The third-order valence-corrected chi connectivity index (χ3v) is 4.92. The van der Waals surface area contributed by atoms with Crippen LogP contribution >= 0.6 is 0 Å². The Morgan fingerprint density at radius 1 is 1.30 bits per heavy atom. The second kappa shape index (κ2) is 6.13. The molecule has 0 radical (unpaired) electrons. The number of nitrogens with one attached hydrogen (secondary N) is 1. The summed E-state index contributed by atoms with van der Waals surface area (Å²) in [7, 11) is -2.41. The number of ether oxygens (including phenoxy) is 1. The largest absolute Gasteiger partial charge is 0.379 e. The van der Waals surface area contributed by atoms with E-state index in [9.17, 15) is 17.2 Å². The van der Waals surface area contributed by atoms with Gasteiger partial charge in [-0.05, 0) is 24.7 Å². The van der Waals surface area contributed by atoms with Crippen LogP contribution in [0.2, 0.25) is 0 Å². The molecule has 1 aromatic rings. The Morgan fingerprint density at radius 2 is 1.95 bits per heavy atom. The maximum Gasteiger partial charge on any atom is 0.246 e. The fourth-order valence-electron chi connectivity index (χ4n) is 2.04.